The van der Waals surface area contributed by atoms with E-state index in [0.29, 0.717) is 50.8 Å². The van der Waals surface area contributed by atoms with Crippen LogP contribution in [0.15, 0.2) is 59.4 Å². The summed E-state index contributed by atoms with van der Waals surface area (Å²) in [6, 6.07) is 16.6. The number of halogens is 1. The number of nitrogens with zero attached hydrogens (tertiary/aromatic N) is 3. The lowest BCUT2D eigenvalue weighted by Crippen LogP contribution is -2.49. The minimum atomic E-state index is -0.213. The third-order valence-electron chi connectivity index (χ3n) is 7.10. The quantitative estimate of drug-likeness (QED) is 0.370. The number of hydrogen-bond donors (Lipinski definition) is 1. The number of anilines is 1. The number of fused-ring (bicyclic) bond motifs is 2. The van der Waals surface area contributed by atoms with Crippen molar-refractivity contribution < 1.29 is 14.3 Å². The number of ether oxygens (including phenoxy) is 2. The summed E-state index contributed by atoms with van der Waals surface area (Å²) < 4.78 is 12.6. The Morgan fingerprint density at radius 3 is 2.45 bits per heavy atom. The van der Waals surface area contributed by atoms with Gasteiger partial charge in [0.2, 0.25) is 6.79 Å². The first-order valence-electron chi connectivity index (χ1n) is 12.3. The van der Waals surface area contributed by atoms with Gasteiger partial charge in [0.15, 0.2) is 16.3 Å². The predicted molar refractivity (Wildman–Crippen MR) is 149 cm³/mol. The summed E-state index contributed by atoms with van der Waals surface area (Å²) in [4.78, 5) is 33.6. The van der Waals surface area contributed by atoms with Crippen LogP contribution < -0.4 is 19.9 Å². The number of benzene rings is 3. The highest BCUT2D eigenvalue weighted by Crippen LogP contribution is 2.34. The third kappa shape index (κ3) is 4.52. The molecule has 1 N–H and O–H groups in total. The Bertz CT molecular complexity index is 1670. The van der Waals surface area contributed by atoms with Gasteiger partial charge in [-0.3, -0.25) is 14.2 Å². The molecule has 1 amide bonds. The van der Waals surface area contributed by atoms with Gasteiger partial charge in [0.05, 0.1) is 17.4 Å². The van der Waals surface area contributed by atoms with Crippen LogP contribution in [0.1, 0.15) is 21.5 Å². The Kier molecular flexibility index (Phi) is 6.33. The molecule has 0 aliphatic carbocycles. The molecule has 10 heteroatoms. The van der Waals surface area contributed by atoms with Crippen molar-refractivity contribution >= 4 is 46.3 Å². The second-order valence-corrected chi connectivity index (χ2v) is 10.3. The highest BCUT2D eigenvalue weighted by Gasteiger charge is 2.23. The number of rotatable bonds is 4. The molecule has 3 heterocycles. The van der Waals surface area contributed by atoms with Crippen molar-refractivity contribution in [3.05, 3.63) is 91.4 Å². The van der Waals surface area contributed by atoms with Gasteiger partial charge >= 0.3 is 0 Å². The van der Waals surface area contributed by atoms with Gasteiger partial charge in [-0.05, 0) is 60.6 Å². The topological polar surface area (TPSA) is 79.8 Å². The Labute approximate surface area is 229 Å². The zero-order chi connectivity index (χ0) is 26.4. The van der Waals surface area contributed by atoms with Gasteiger partial charge < -0.3 is 24.3 Å². The minimum Gasteiger partial charge on any atom is -0.454 e. The Morgan fingerprint density at radius 1 is 1.00 bits per heavy atom. The molecule has 2 aliphatic rings. The SMILES string of the molecule is Cc1ccc(Cl)cc1N1CCN(C(=O)c2ccc(Cn3c(=S)[nH]c4cc5c(cc4c3=O)OCO5)cc2)CC1. The second-order valence-electron chi connectivity index (χ2n) is 9.48. The number of H-pyrrole nitrogens is 1. The normalized spacial score (nSPS) is 14.8. The van der Waals surface area contributed by atoms with E-state index in [4.69, 9.17) is 33.3 Å². The number of aromatic nitrogens is 2. The van der Waals surface area contributed by atoms with Crippen LogP contribution in [0.25, 0.3) is 10.9 Å². The molecule has 0 bridgehead atoms. The fourth-order valence-corrected chi connectivity index (χ4v) is 5.40. The van der Waals surface area contributed by atoms with E-state index in [1.54, 1.807) is 12.1 Å². The van der Waals surface area contributed by atoms with Gasteiger partial charge in [0.25, 0.3) is 11.5 Å². The summed E-state index contributed by atoms with van der Waals surface area (Å²) in [5.74, 6) is 1.12. The highest BCUT2D eigenvalue weighted by molar-refractivity contribution is 7.71. The molecular weight excluding hydrogens is 524 g/mol. The molecule has 3 aromatic carbocycles. The van der Waals surface area contributed by atoms with Gasteiger partial charge in [-0.1, -0.05) is 29.8 Å². The molecule has 6 rings (SSSR count). The summed E-state index contributed by atoms with van der Waals surface area (Å²) in [5, 5.41) is 1.19. The molecule has 1 aromatic heterocycles. The van der Waals surface area contributed by atoms with Crippen LogP contribution in [0.4, 0.5) is 5.69 Å². The number of nitrogens with one attached hydrogen (secondary N) is 1. The van der Waals surface area contributed by atoms with E-state index in [1.807, 2.05) is 47.4 Å². The second kappa shape index (κ2) is 9.81. The van der Waals surface area contributed by atoms with Gasteiger partial charge in [0.1, 0.15) is 0 Å². The van der Waals surface area contributed by atoms with Crippen LogP contribution in [0.3, 0.4) is 0 Å². The van der Waals surface area contributed by atoms with Gasteiger partial charge in [0, 0.05) is 48.5 Å². The molecule has 1 saturated heterocycles. The molecule has 2 aliphatic heterocycles. The van der Waals surface area contributed by atoms with Crippen LogP contribution in [0.2, 0.25) is 5.02 Å². The van der Waals surface area contributed by atoms with E-state index in [1.165, 1.54) is 10.1 Å². The molecule has 38 heavy (non-hydrogen) atoms. The standard InChI is InChI=1S/C28H25ClN4O4S/c1-17-2-7-20(29)12-23(17)31-8-10-32(11-9-31)26(34)19-5-3-18(4-6-19)15-33-27(35)21-13-24-25(37-16-36-24)14-22(21)30-28(33)38/h2-7,12-14H,8-11,15-16H2,1H3,(H,30,38). The van der Waals surface area contributed by atoms with Crippen LogP contribution in [0, 0.1) is 11.7 Å². The first-order chi connectivity index (χ1) is 18.4. The van der Waals surface area contributed by atoms with Gasteiger partial charge in [-0.15, -0.1) is 0 Å². The smallest absolute Gasteiger partial charge is 0.262 e. The monoisotopic (exact) mass is 548 g/mol. The van der Waals surface area contributed by atoms with Crippen molar-refractivity contribution in [1.29, 1.82) is 0 Å². The summed E-state index contributed by atoms with van der Waals surface area (Å²) in [6.07, 6.45) is 0. The molecule has 0 atom stereocenters. The van der Waals surface area contributed by atoms with E-state index in [9.17, 15) is 9.59 Å². The van der Waals surface area contributed by atoms with E-state index < -0.39 is 0 Å². The van der Waals surface area contributed by atoms with Crippen LogP contribution in [-0.4, -0.2) is 53.3 Å². The summed E-state index contributed by atoms with van der Waals surface area (Å²) >= 11 is 11.7. The number of carbonyl (C=O) groups excluding carboxylic acids is 1. The van der Waals surface area contributed by atoms with Crippen molar-refractivity contribution in [3.8, 4) is 11.5 Å². The molecule has 0 radical (unpaired) electrons. The maximum absolute atomic E-state index is 13.2. The first kappa shape index (κ1) is 24.5. The highest BCUT2D eigenvalue weighted by atomic mass is 35.5. The van der Waals surface area contributed by atoms with Gasteiger partial charge in [-0.25, -0.2) is 0 Å². The maximum atomic E-state index is 13.2. The number of carbonyl (C=O) groups is 1. The third-order valence-corrected chi connectivity index (χ3v) is 7.65. The van der Waals surface area contributed by atoms with Crippen LogP contribution in [0.5, 0.6) is 11.5 Å². The Morgan fingerprint density at radius 2 is 1.71 bits per heavy atom. The lowest BCUT2D eigenvalue weighted by molar-refractivity contribution is 0.0746. The van der Waals surface area contributed by atoms with Crippen molar-refractivity contribution in [2.45, 2.75) is 13.5 Å². The molecular formula is C28H25ClN4O4S. The Hall–Kier alpha value is -3.82. The lowest BCUT2D eigenvalue weighted by Gasteiger charge is -2.37. The molecule has 194 valence electrons. The van der Waals surface area contributed by atoms with Gasteiger partial charge in [-0.2, -0.15) is 0 Å². The van der Waals surface area contributed by atoms with E-state index in [0.717, 1.165) is 24.3 Å². The summed E-state index contributed by atoms with van der Waals surface area (Å²) in [6.45, 7) is 5.23. The predicted octanol–water partition coefficient (Wildman–Crippen LogP) is 4.76. The molecule has 0 unspecified atom stereocenters. The maximum Gasteiger partial charge on any atom is 0.262 e. The van der Waals surface area contributed by atoms with Crippen molar-refractivity contribution in [1.82, 2.24) is 14.5 Å². The fourth-order valence-electron chi connectivity index (χ4n) is 4.98. The minimum absolute atomic E-state index is 0.00439. The number of piperazine rings is 1. The van der Waals surface area contributed by atoms with E-state index >= 15 is 0 Å². The number of hydrogen-bond acceptors (Lipinski definition) is 6. The van der Waals surface area contributed by atoms with Crippen LogP contribution in [-0.2, 0) is 6.54 Å². The summed E-state index contributed by atoms with van der Waals surface area (Å²) in [5.41, 5.74) is 4.15. The number of aromatic amines is 1. The van der Waals surface area contributed by atoms with Crippen molar-refractivity contribution in [2.24, 2.45) is 0 Å². The molecule has 0 saturated carbocycles. The summed E-state index contributed by atoms with van der Waals surface area (Å²) in [7, 11) is 0. The molecule has 0 spiro atoms. The number of amides is 1. The first-order valence-corrected chi connectivity index (χ1v) is 13.1. The van der Waals surface area contributed by atoms with Crippen LogP contribution >= 0.6 is 23.8 Å². The van der Waals surface area contributed by atoms with Crippen molar-refractivity contribution in [2.75, 3.05) is 37.9 Å². The largest absolute Gasteiger partial charge is 0.454 e. The fraction of sp³-hybridized carbons (Fsp3) is 0.250. The van der Waals surface area contributed by atoms with E-state index in [-0.39, 0.29) is 24.8 Å². The average Bonchev–Trinajstić information content (AvgIpc) is 3.39. The Balaban J connectivity index is 1.15. The molecule has 8 nitrogen and oxygen atoms in total. The molecule has 4 aromatic rings. The average molecular weight is 549 g/mol. The molecule has 1 fully saturated rings. The van der Waals surface area contributed by atoms with E-state index in [2.05, 4.69) is 16.8 Å². The number of aryl methyl sites for hydroxylation is 1. The zero-order valence-corrected chi connectivity index (χ0v) is 22.3. The van der Waals surface area contributed by atoms with Crippen molar-refractivity contribution in [3.63, 3.8) is 0 Å². The lowest BCUT2D eigenvalue weighted by atomic mass is 10.1. The zero-order valence-electron chi connectivity index (χ0n) is 20.7.